The molecule has 4 nitrogen and oxygen atoms in total. The molecule has 4 heteroatoms. The predicted molar refractivity (Wildman–Crippen MR) is 85.3 cm³/mol. The minimum atomic E-state index is -0.219. The average Bonchev–Trinajstić information content (AvgIpc) is 2.89. The standard InChI is InChI=1S/C18H27N3O/c1-12-3-4-20-21(12)13(2)17(22)19-11-18-8-14-5-15(9-18)7-16(6-14)10-18/h3-4,13-16H,5-11H2,1-2H3,(H,19,22). The third-order valence-electron chi connectivity index (χ3n) is 6.42. The summed E-state index contributed by atoms with van der Waals surface area (Å²) in [5.41, 5.74) is 1.45. The molecule has 4 bridgehead atoms. The summed E-state index contributed by atoms with van der Waals surface area (Å²) in [6.45, 7) is 4.81. The van der Waals surface area contributed by atoms with Crippen molar-refractivity contribution in [2.75, 3.05) is 6.54 Å². The maximum Gasteiger partial charge on any atom is 0.244 e. The SMILES string of the molecule is Cc1ccnn1C(C)C(=O)NCC12CC3CC(CC(C3)C1)C2. The molecule has 0 aromatic carbocycles. The van der Waals surface area contributed by atoms with Crippen LogP contribution in [0.4, 0.5) is 0 Å². The lowest BCUT2D eigenvalue weighted by molar-refractivity contribution is -0.126. The van der Waals surface area contributed by atoms with Crippen LogP contribution in [0.3, 0.4) is 0 Å². The van der Waals surface area contributed by atoms with Crippen LogP contribution >= 0.6 is 0 Å². The molecule has 0 aliphatic heterocycles. The van der Waals surface area contributed by atoms with Crippen molar-refractivity contribution in [3.05, 3.63) is 18.0 Å². The number of aryl methyl sites for hydroxylation is 1. The molecule has 22 heavy (non-hydrogen) atoms. The normalized spacial score (nSPS) is 37.3. The number of hydrogen-bond acceptors (Lipinski definition) is 2. The van der Waals surface area contributed by atoms with Crippen LogP contribution in [0, 0.1) is 30.1 Å². The number of aromatic nitrogens is 2. The van der Waals surface area contributed by atoms with E-state index in [4.69, 9.17) is 0 Å². The second-order valence-electron chi connectivity index (χ2n) is 8.23. The molecule has 4 aliphatic carbocycles. The first-order valence-electron chi connectivity index (χ1n) is 8.82. The Labute approximate surface area is 132 Å². The lowest BCUT2D eigenvalue weighted by Crippen LogP contribution is -2.51. The highest BCUT2D eigenvalue weighted by Gasteiger charge is 2.50. The number of carbonyl (C=O) groups excluding carboxylic acids is 1. The Bertz CT molecular complexity index is 541. The molecule has 5 rings (SSSR count). The summed E-state index contributed by atoms with van der Waals surface area (Å²) >= 11 is 0. The third-order valence-corrected chi connectivity index (χ3v) is 6.42. The van der Waals surface area contributed by atoms with Crippen molar-refractivity contribution in [2.24, 2.45) is 23.2 Å². The van der Waals surface area contributed by atoms with E-state index in [0.717, 1.165) is 30.0 Å². The quantitative estimate of drug-likeness (QED) is 0.929. The van der Waals surface area contributed by atoms with Crippen molar-refractivity contribution in [3.63, 3.8) is 0 Å². The fourth-order valence-corrected chi connectivity index (χ4v) is 5.83. The molecule has 4 saturated carbocycles. The maximum absolute atomic E-state index is 12.5. The van der Waals surface area contributed by atoms with Gasteiger partial charge >= 0.3 is 0 Å². The van der Waals surface area contributed by atoms with Gasteiger partial charge in [-0.1, -0.05) is 0 Å². The molecule has 4 fully saturated rings. The molecule has 0 saturated heterocycles. The lowest BCUT2D eigenvalue weighted by Gasteiger charge is -2.57. The van der Waals surface area contributed by atoms with E-state index in [1.165, 1.54) is 38.5 Å². The average molecular weight is 301 g/mol. The Balaban J connectivity index is 1.40. The van der Waals surface area contributed by atoms with E-state index in [1.54, 1.807) is 6.20 Å². The van der Waals surface area contributed by atoms with Gasteiger partial charge in [-0.3, -0.25) is 9.48 Å². The highest BCUT2D eigenvalue weighted by atomic mass is 16.2. The van der Waals surface area contributed by atoms with E-state index >= 15 is 0 Å². The van der Waals surface area contributed by atoms with E-state index in [2.05, 4.69) is 10.4 Å². The van der Waals surface area contributed by atoms with E-state index in [9.17, 15) is 4.79 Å². The molecule has 1 aromatic heterocycles. The van der Waals surface area contributed by atoms with E-state index in [1.807, 2.05) is 24.6 Å². The van der Waals surface area contributed by atoms with Gasteiger partial charge in [0.1, 0.15) is 6.04 Å². The Morgan fingerprint density at radius 2 is 1.91 bits per heavy atom. The van der Waals surface area contributed by atoms with Gasteiger partial charge in [0.2, 0.25) is 5.91 Å². The minimum Gasteiger partial charge on any atom is -0.354 e. The van der Waals surface area contributed by atoms with Gasteiger partial charge in [-0.15, -0.1) is 0 Å². The zero-order chi connectivity index (χ0) is 15.3. The number of hydrogen-bond donors (Lipinski definition) is 1. The van der Waals surface area contributed by atoms with E-state index in [-0.39, 0.29) is 11.9 Å². The predicted octanol–water partition coefficient (Wildman–Crippen LogP) is 3.09. The van der Waals surface area contributed by atoms with Gasteiger partial charge in [0, 0.05) is 18.4 Å². The molecular formula is C18H27N3O. The number of nitrogens with zero attached hydrogens (tertiary/aromatic N) is 2. The molecule has 1 heterocycles. The summed E-state index contributed by atoms with van der Waals surface area (Å²) in [5, 5.41) is 7.52. The molecule has 120 valence electrons. The van der Waals surface area contributed by atoms with Crippen LogP contribution in [0.1, 0.15) is 57.2 Å². The summed E-state index contributed by atoms with van der Waals surface area (Å²) in [6.07, 6.45) is 10.2. The minimum absolute atomic E-state index is 0.113. The second-order valence-corrected chi connectivity index (χ2v) is 8.23. The molecular weight excluding hydrogens is 274 g/mol. The second kappa shape index (κ2) is 5.10. The van der Waals surface area contributed by atoms with Gasteiger partial charge in [0.05, 0.1) is 0 Å². The van der Waals surface area contributed by atoms with Gasteiger partial charge in [-0.2, -0.15) is 5.10 Å². The zero-order valence-electron chi connectivity index (χ0n) is 13.7. The van der Waals surface area contributed by atoms with Crippen molar-refractivity contribution >= 4 is 5.91 Å². The van der Waals surface area contributed by atoms with E-state index in [0.29, 0.717) is 5.41 Å². The topological polar surface area (TPSA) is 46.9 Å². The van der Waals surface area contributed by atoms with Gasteiger partial charge in [-0.05, 0) is 81.6 Å². The van der Waals surface area contributed by atoms with Gasteiger partial charge in [0.25, 0.3) is 0 Å². The summed E-state index contributed by atoms with van der Waals surface area (Å²) in [5.74, 6) is 2.93. The summed E-state index contributed by atoms with van der Waals surface area (Å²) in [7, 11) is 0. The fourth-order valence-electron chi connectivity index (χ4n) is 5.83. The van der Waals surface area contributed by atoms with Crippen LogP contribution < -0.4 is 5.32 Å². The zero-order valence-corrected chi connectivity index (χ0v) is 13.7. The van der Waals surface area contributed by atoms with Crippen LogP contribution in [0.2, 0.25) is 0 Å². The number of nitrogens with one attached hydrogen (secondary N) is 1. The lowest BCUT2D eigenvalue weighted by atomic mass is 9.49. The van der Waals surface area contributed by atoms with Crippen molar-refractivity contribution < 1.29 is 4.79 Å². The van der Waals surface area contributed by atoms with Crippen molar-refractivity contribution in [2.45, 2.75) is 58.4 Å². The van der Waals surface area contributed by atoms with Crippen LogP contribution in [-0.4, -0.2) is 22.2 Å². The maximum atomic E-state index is 12.5. The van der Waals surface area contributed by atoms with Crippen LogP contribution in [0.25, 0.3) is 0 Å². The smallest absolute Gasteiger partial charge is 0.244 e. The molecule has 4 aliphatic rings. The monoisotopic (exact) mass is 301 g/mol. The van der Waals surface area contributed by atoms with Crippen molar-refractivity contribution in [1.82, 2.24) is 15.1 Å². The molecule has 1 amide bonds. The summed E-state index contributed by atoms with van der Waals surface area (Å²) in [6, 6.07) is 1.73. The largest absolute Gasteiger partial charge is 0.354 e. The van der Waals surface area contributed by atoms with Crippen molar-refractivity contribution in [3.8, 4) is 0 Å². The highest BCUT2D eigenvalue weighted by Crippen LogP contribution is 2.59. The number of carbonyl (C=O) groups is 1. The van der Waals surface area contributed by atoms with Gasteiger partial charge in [0.15, 0.2) is 0 Å². The highest BCUT2D eigenvalue weighted by molar-refractivity contribution is 5.79. The first kappa shape index (κ1) is 14.3. The Morgan fingerprint density at radius 1 is 1.32 bits per heavy atom. The Morgan fingerprint density at radius 3 is 2.41 bits per heavy atom. The fraction of sp³-hybridized carbons (Fsp3) is 0.778. The molecule has 1 aromatic rings. The van der Waals surface area contributed by atoms with Crippen LogP contribution in [0.15, 0.2) is 12.3 Å². The van der Waals surface area contributed by atoms with Gasteiger partial charge < -0.3 is 5.32 Å². The molecule has 1 N–H and O–H groups in total. The van der Waals surface area contributed by atoms with Crippen LogP contribution in [0.5, 0.6) is 0 Å². The molecule has 0 radical (unpaired) electrons. The third kappa shape index (κ3) is 2.37. The Hall–Kier alpha value is -1.32. The Kier molecular flexibility index (Phi) is 3.31. The first-order chi connectivity index (χ1) is 10.5. The van der Waals surface area contributed by atoms with Gasteiger partial charge in [-0.25, -0.2) is 0 Å². The summed E-state index contributed by atoms with van der Waals surface area (Å²) < 4.78 is 1.81. The molecule has 1 unspecified atom stereocenters. The molecule has 1 atom stereocenters. The van der Waals surface area contributed by atoms with Crippen molar-refractivity contribution in [1.29, 1.82) is 0 Å². The number of rotatable bonds is 4. The number of amides is 1. The molecule has 0 spiro atoms. The van der Waals surface area contributed by atoms with Crippen LogP contribution in [-0.2, 0) is 4.79 Å². The van der Waals surface area contributed by atoms with E-state index < -0.39 is 0 Å². The first-order valence-corrected chi connectivity index (χ1v) is 8.82. The summed E-state index contributed by atoms with van der Waals surface area (Å²) in [4.78, 5) is 12.5.